The maximum Gasteiger partial charge on any atom is 0.250 e. The molecule has 1 aromatic rings. The van der Waals surface area contributed by atoms with Crippen LogP contribution in [0.1, 0.15) is 26.7 Å². The molecule has 21 heavy (non-hydrogen) atoms. The fourth-order valence-electron chi connectivity index (χ4n) is 3.15. The molecule has 2 aliphatic rings. The Morgan fingerprint density at radius 1 is 1.29 bits per heavy atom. The van der Waals surface area contributed by atoms with Crippen LogP contribution < -0.4 is 10.6 Å². The highest BCUT2D eigenvalue weighted by molar-refractivity contribution is 6.06. The van der Waals surface area contributed by atoms with E-state index in [4.69, 9.17) is 0 Å². The third kappa shape index (κ3) is 2.68. The van der Waals surface area contributed by atoms with Crippen molar-refractivity contribution in [3.05, 3.63) is 35.9 Å². The van der Waals surface area contributed by atoms with Crippen molar-refractivity contribution in [2.45, 2.75) is 32.2 Å². The van der Waals surface area contributed by atoms with Gasteiger partial charge in [0.1, 0.15) is 5.54 Å². The number of carbonyl (C=O) groups is 1. The molecular weight excluding hydrogens is 262 g/mol. The summed E-state index contributed by atoms with van der Waals surface area (Å²) in [5.41, 5.74) is 2.88. The molecule has 0 radical (unpaired) electrons. The number of hydrogen-bond acceptors (Lipinski definition) is 3. The van der Waals surface area contributed by atoms with Crippen LogP contribution >= 0.6 is 0 Å². The number of para-hydroxylation sites is 2. The van der Waals surface area contributed by atoms with Crippen LogP contribution in [0.15, 0.2) is 35.9 Å². The third-order valence-corrected chi connectivity index (χ3v) is 4.66. The minimum Gasteiger partial charge on any atom is -0.369 e. The van der Waals surface area contributed by atoms with Crippen molar-refractivity contribution in [1.29, 1.82) is 0 Å². The summed E-state index contributed by atoms with van der Waals surface area (Å²) >= 11 is 0. The Bertz CT molecular complexity index is 571. The van der Waals surface area contributed by atoms with Crippen LogP contribution in [0.5, 0.6) is 0 Å². The molecule has 1 aromatic carbocycles. The topological polar surface area (TPSA) is 44.4 Å². The molecule has 1 amide bonds. The van der Waals surface area contributed by atoms with E-state index in [0.29, 0.717) is 0 Å². The number of likely N-dealkylation sites (tertiary alicyclic amines) is 1. The van der Waals surface area contributed by atoms with E-state index < -0.39 is 5.54 Å². The highest BCUT2D eigenvalue weighted by Crippen LogP contribution is 2.36. The Morgan fingerprint density at radius 3 is 2.62 bits per heavy atom. The van der Waals surface area contributed by atoms with Crippen molar-refractivity contribution in [3.63, 3.8) is 0 Å². The molecule has 2 heterocycles. The van der Waals surface area contributed by atoms with E-state index in [1.807, 2.05) is 24.3 Å². The number of nitrogens with one attached hydrogen (secondary N) is 2. The second-order valence-electron chi connectivity index (χ2n) is 6.12. The molecule has 4 heteroatoms. The maximum absolute atomic E-state index is 12.5. The quantitative estimate of drug-likeness (QED) is 0.821. The zero-order valence-corrected chi connectivity index (χ0v) is 12.8. The molecule has 3 rings (SSSR count). The van der Waals surface area contributed by atoms with Gasteiger partial charge >= 0.3 is 0 Å². The lowest BCUT2D eigenvalue weighted by Gasteiger charge is -2.44. The standard InChI is InChI=1S/C17H23N3O/c1-3-13(2)12-20-10-8-17(9-11-20)16(21)18-14-6-4-5-7-15(14)19-17/h3-7,19H,8-12H2,1-2H3,(H,18,21)/b13-3+. The predicted octanol–water partition coefficient (Wildman–Crippen LogP) is 2.85. The van der Waals surface area contributed by atoms with Crippen LogP contribution in [0.4, 0.5) is 11.4 Å². The van der Waals surface area contributed by atoms with Gasteiger partial charge in [-0.15, -0.1) is 0 Å². The maximum atomic E-state index is 12.5. The first kappa shape index (κ1) is 14.1. The van der Waals surface area contributed by atoms with Crippen molar-refractivity contribution in [3.8, 4) is 0 Å². The number of benzene rings is 1. The first-order valence-electron chi connectivity index (χ1n) is 7.66. The molecule has 4 nitrogen and oxygen atoms in total. The fourth-order valence-corrected chi connectivity index (χ4v) is 3.15. The van der Waals surface area contributed by atoms with Crippen LogP contribution in [-0.2, 0) is 4.79 Å². The second-order valence-corrected chi connectivity index (χ2v) is 6.12. The smallest absolute Gasteiger partial charge is 0.250 e. The molecule has 112 valence electrons. The van der Waals surface area contributed by atoms with E-state index in [2.05, 4.69) is 35.5 Å². The van der Waals surface area contributed by atoms with Gasteiger partial charge in [-0.1, -0.05) is 23.8 Å². The summed E-state index contributed by atoms with van der Waals surface area (Å²) in [5.74, 6) is 0.114. The zero-order valence-electron chi connectivity index (χ0n) is 12.8. The highest BCUT2D eigenvalue weighted by Gasteiger charge is 2.44. The van der Waals surface area contributed by atoms with Crippen molar-refractivity contribution >= 4 is 17.3 Å². The number of amides is 1. The summed E-state index contributed by atoms with van der Waals surface area (Å²) in [4.78, 5) is 14.9. The summed E-state index contributed by atoms with van der Waals surface area (Å²) < 4.78 is 0. The number of anilines is 2. The van der Waals surface area contributed by atoms with Gasteiger partial charge in [-0.3, -0.25) is 9.69 Å². The van der Waals surface area contributed by atoms with E-state index in [0.717, 1.165) is 43.9 Å². The van der Waals surface area contributed by atoms with E-state index in [1.165, 1.54) is 5.57 Å². The van der Waals surface area contributed by atoms with Crippen LogP contribution in [0.3, 0.4) is 0 Å². The number of allylic oxidation sites excluding steroid dienone is 1. The highest BCUT2D eigenvalue weighted by atomic mass is 16.2. The lowest BCUT2D eigenvalue weighted by Crippen LogP contribution is -2.58. The fraction of sp³-hybridized carbons (Fsp3) is 0.471. The lowest BCUT2D eigenvalue weighted by molar-refractivity contribution is -0.122. The van der Waals surface area contributed by atoms with Crippen molar-refractivity contribution in [2.75, 3.05) is 30.3 Å². The number of carbonyl (C=O) groups excluding carboxylic acids is 1. The normalized spacial score (nSPS) is 21.6. The van der Waals surface area contributed by atoms with Crippen LogP contribution in [0.25, 0.3) is 0 Å². The summed E-state index contributed by atoms with van der Waals surface area (Å²) in [7, 11) is 0. The Morgan fingerprint density at radius 2 is 1.95 bits per heavy atom. The van der Waals surface area contributed by atoms with Gasteiger partial charge in [0.05, 0.1) is 11.4 Å². The molecule has 0 unspecified atom stereocenters. The molecule has 1 saturated heterocycles. The van der Waals surface area contributed by atoms with Crippen molar-refractivity contribution < 1.29 is 4.79 Å². The zero-order chi connectivity index (χ0) is 14.9. The Kier molecular flexibility index (Phi) is 3.72. The van der Waals surface area contributed by atoms with Gasteiger partial charge in [0.2, 0.25) is 5.91 Å². The molecule has 0 aromatic heterocycles. The van der Waals surface area contributed by atoms with Gasteiger partial charge in [0.15, 0.2) is 0 Å². The van der Waals surface area contributed by atoms with Gasteiger partial charge in [-0.25, -0.2) is 0 Å². The molecular formula is C17H23N3O. The molecule has 0 bridgehead atoms. The van der Waals surface area contributed by atoms with E-state index in [-0.39, 0.29) is 5.91 Å². The molecule has 0 saturated carbocycles. The number of rotatable bonds is 2. The second kappa shape index (κ2) is 5.53. The van der Waals surface area contributed by atoms with Gasteiger partial charge in [0, 0.05) is 19.6 Å². The van der Waals surface area contributed by atoms with E-state index in [1.54, 1.807) is 0 Å². The average molecular weight is 285 g/mol. The van der Waals surface area contributed by atoms with Crippen LogP contribution in [-0.4, -0.2) is 36.0 Å². The third-order valence-electron chi connectivity index (χ3n) is 4.66. The van der Waals surface area contributed by atoms with Crippen LogP contribution in [0, 0.1) is 0 Å². The Hall–Kier alpha value is -1.81. The van der Waals surface area contributed by atoms with Gasteiger partial charge in [-0.05, 0) is 38.8 Å². The molecule has 2 N–H and O–H groups in total. The molecule has 1 spiro atoms. The van der Waals surface area contributed by atoms with E-state index in [9.17, 15) is 4.79 Å². The first-order chi connectivity index (χ1) is 10.1. The number of hydrogen-bond donors (Lipinski definition) is 2. The summed E-state index contributed by atoms with van der Waals surface area (Å²) in [6.45, 7) is 7.15. The monoisotopic (exact) mass is 285 g/mol. The number of fused-ring (bicyclic) bond motifs is 1. The van der Waals surface area contributed by atoms with Gasteiger partial charge < -0.3 is 10.6 Å². The molecule has 0 aliphatic carbocycles. The molecule has 1 fully saturated rings. The Labute approximate surface area is 126 Å². The molecule has 0 atom stereocenters. The predicted molar refractivity (Wildman–Crippen MR) is 86.5 cm³/mol. The van der Waals surface area contributed by atoms with Crippen LogP contribution in [0.2, 0.25) is 0 Å². The van der Waals surface area contributed by atoms with Gasteiger partial charge in [0.25, 0.3) is 0 Å². The largest absolute Gasteiger partial charge is 0.369 e. The first-order valence-corrected chi connectivity index (χ1v) is 7.66. The summed E-state index contributed by atoms with van der Waals surface area (Å²) in [5, 5.41) is 6.55. The number of piperidine rings is 1. The SMILES string of the molecule is C/C=C(\C)CN1CCC2(CC1)Nc1ccccc1NC2=O. The minimum atomic E-state index is -0.436. The average Bonchev–Trinajstić information content (AvgIpc) is 2.50. The Balaban J connectivity index is 1.72. The summed E-state index contributed by atoms with van der Waals surface area (Å²) in [6.07, 6.45) is 3.86. The molecule has 2 aliphatic heterocycles. The number of nitrogens with zero attached hydrogens (tertiary/aromatic N) is 1. The summed E-state index contributed by atoms with van der Waals surface area (Å²) in [6, 6.07) is 7.92. The van der Waals surface area contributed by atoms with E-state index >= 15 is 0 Å². The minimum absolute atomic E-state index is 0.114. The van der Waals surface area contributed by atoms with Crippen molar-refractivity contribution in [2.24, 2.45) is 0 Å². The lowest BCUT2D eigenvalue weighted by atomic mass is 9.84. The van der Waals surface area contributed by atoms with Gasteiger partial charge in [-0.2, -0.15) is 0 Å². The van der Waals surface area contributed by atoms with Crippen molar-refractivity contribution in [1.82, 2.24) is 4.90 Å².